The van der Waals surface area contributed by atoms with Gasteiger partial charge in [0.25, 0.3) is 11.4 Å². The second-order valence-electron chi connectivity index (χ2n) is 10.0. The first kappa shape index (κ1) is 31.6. The number of rotatable bonds is 10. The molecule has 43 heavy (non-hydrogen) atoms. The number of nitrogen functional groups attached to an aromatic ring is 1. The molecule has 5 heterocycles. The molecule has 22 heteroatoms. The third-order valence-electron chi connectivity index (χ3n) is 6.97. The highest BCUT2D eigenvalue weighted by molar-refractivity contribution is 7.47. The Morgan fingerprint density at radius 2 is 1.77 bits per heavy atom. The van der Waals surface area contributed by atoms with Gasteiger partial charge in [0.15, 0.2) is 5.52 Å². The Morgan fingerprint density at radius 1 is 1.09 bits per heavy atom. The van der Waals surface area contributed by atoms with E-state index < -0.39 is 77.0 Å². The number of phosphoric ester groups is 2. The number of nitrogens with zero attached hydrogens (tertiary/aromatic N) is 5. The quantitative estimate of drug-likeness (QED) is 0.105. The minimum Gasteiger partial charge on any atom is -0.390 e. The number of H-pyrrole nitrogens is 1. The van der Waals surface area contributed by atoms with E-state index in [1.165, 1.54) is 30.3 Å². The number of phosphoric acid groups is 2. The Kier molecular flexibility index (Phi) is 8.73. The van der Waals surface area contributed by atoms with E-state index in [0.717, 1.165) is 4.57 Å². The summed E-state index contributed by atoms with van der Waals surface area (Å²) in [6, 6.07) is 0. The van der Waals surface area contributed by atoms with E-state index in [9.17, 15) is 38.5 Å². The molecule has 0 radical (unpaired) electrons. The van der Waals surface area contributed by atoms with Crippen molar-refractivity contribution in [3.05, 3.63) is 45.3 Å². The van der Waals surface area contributed by atoms with E-state index >= 15 is 0 Å². The van der Waals surface area contributed by atoms with Crippen molar-refractivity contribution in [1.82, 2.24) is 24.1 Å². The highest BCUT2D eigenvalue weighted by atomic mass is 31.2. The smallest absolute Gasteiger partial charge is 0.390 e. The molecule has 3 aromatic heterocycles. The molecule has 2 fully saturated rings. The summed E-state index contributed by atoms with van der Waals surface area (Å²) in [4.78, 5) is 63.3. The number of anilines is 1. The van der Waals surface area contributed by atoms with Crippen LogP contribution in [-0.2, 0) is 39.2 Å². The lowest BCUT2D eigenvalue weighted by molar-refractivity contribution is -0.658. The number of aryl methyl sites for hydroxylation is 2. The number of nitrogens with two attached hydrogens (primary N) is 1. The highest BCUT2D eigenvalue weighted by Gasteiger charge is 2.44. The molecule has 0 saturated carbocycles. The van der Waals surface area contributed by atoms with Crippen molar-refractivity contribution in [2.75, 3.05) is 18.9 Å². The second kappa shape index (κ2) is 11.9. The van der Waals surface area contributed by atoms with Gasteiger partial charge in [0.2, 0.25) is 12.0 Å². The average molecular weight is 650 g/mol. The predicted molar refractivity (Wildman–Crippen MR) is 141 cm³/mol. The van der Waals surface area contributed by atoms with Crippen molar-refractivity contribution in [3.8, 4) is 0 Å². The SMILES string of the molecule is Cc1cn([C@H]2C[C@H](O)[C@@H](COP(=O)(O)O[C@H]3C[C@H](n4cnc5c(N)[n+](C)cnc54)O[C@@H]3COP(=O)(O)O)O2)c(=O)[nH]c1=O. The molecule has 0 bridgehead atoms. The molecular weight excluding hydrogens is 620 g/mol. The zero-order chi connectivity index (χ0) is 31.3. The number of aliphatic hydroxyl groups is 1. The van der Waals surface area contributed by atoms with Crippen molar-refractivity contribution in [2.24, 2.45) is 7.05 Å². The first-order valence-electron chi connectivity index (χ1n) is 12.8. The number of aromatic nitrogens is 6. The first-order valence-corrected chi connectivity index (χ1v) is 15.8. The van der Waals surface area contributed by atoms with Crippen molar-refractivity contribution < 1.29 is 56.5 Å². The second-order valence-corrected chi connectivity index (χ2v) is 12.7. The fourth-order valence-corrected chi connectivity index (χ4v) is 6.05. The molecule has 0 amide bonds. The number of aromatic amines is 1. The molecule has 0 spiro atoms. The standard InChI is InChI=1S/C21H29N7O13P2/c1-10-5-27(21(31)25-20(10)30)15-3-11(29)13(39-15)6-38-43(35,36)41-12-4-16(40-14(12)7-37-42(32,33)34)28-9-23-17-18(22)26(2)8-24-19(17)28/h5,8-9,11-16,22,29H,3-4,6-7H2,1-2H3,(H4,25,30,31,32,33,34,35,36)/p+1/t11-,12-,13+,14+,15+,16+/m0/s1. The Balaban J connectivity index is 1.27. The molecule has 2 saturated heterocycles. The van der Waals surface area contributed by atoms with Crippen LogP contribution in [0.2, 0.25) is 0 Å². The monoisotopic (exact) mass is 650 g/mol. The summed E-state index contributed by atoms with van der Waals surface area (Å²) in [6.07, 6.45) is -2.88. The number of hydrogen-bond donors (Lipinski definition) is 6. The fourth-order valence-electron chi connectivity index (χ4n) is 4.75. The van der Waals surface area contributed by atoms with E-state index in [0.29, 0.717) is 17.0 Å². The highest BCUT2D eigenvalue weighted by Crippen LogP contribution is 2.50. The van der Waals surface area contributed by atoms with Gasteiger partial charge in [-0.3, -0.25) is 32.5 Å². The van der Waals surface area contributed by atoms with Gasteiger partial charge in [0, 0.05) is 24.6 Å². The van der Waals surface area contributed by atoms with Crippen LogP contribution < -0.4 is 21.5 Å². The molecule has 236 valence electrons. The largest absolute Gasteiger partial charge is 0.472 e. The minimum absolute atomic E-state index is 0.0780. The summed E-state index contributed by atoms with van der Waals surface area (Å²) < 4.78 is 54.8. The van der Waals surface area contributed by atoms with Crippen LogP contribution in [0, 0.1) is 6.92 Å². The summed E-state index contributed by atoms with van der Waals surface area (Å²) in [7, 11) is -8.17. The zero-order valence-corrected chi connectivity index (χ0v) is 24.5. The predicted octanol–water partition coefficient (Wildman–Crippen LogP) is -1.76. The van der Waals surface area contributed by atoms with E-state index in [2.05, 4.69) is 19.5 Å². The maximum absolute atomic E-state index is 12.9. The summed E-state index contributed by atoms with van der Waals surface area (Å²) in [5.74, 6) is 0.309. The first-order chi connectivity index (χ1) is 20.1. The molecule has 0 aliphatic carbocycles. The fraction of sp³-hybridized carbons (Fsp3) is 0.571. The lowest BCUT2D eigenvalue weighted by Gasteiger charge is -2.22. The molecule has 20 nitrogen and oxygen atoms in total. The van der Waals surface area contributed by atoms with Crippen LogP contribution in [0.3, 0.4) is 0 Å². The van der Waals surface area contributed by atoms with E-state index in [1.54, 1.807) is 11.6 Å². The number of imidazole rings is 1. The van der Waals surface area contributed by atoms with E-state index in [1.807, 2.05) is 0 Å². The van der Waals surface area contributed by atoms with Crippen LogP contribution in [0.15, 0.2) is 28.4 Å². The van der Waals surface area contributed by atoms with E-state index in [-0.39, 0.29) is 18.4 Å². The molecule has 1 unspecified atom stereocenters. The lowest BCUT2D eigenvalue weighted by atomic mass is 10.2. The summed E-state index contributed by atoms with van der Waals surface area (Å²) >= 11 is 0. The van der Waals surface area contributed by atoms with Gasteiger partial charge >= 0.3 is 21.3 Å². The van der Waals surface area contributed by atoms with Gasteiger partial charge in [-0.25, -0.2) is 23.5 Å². The maximum atomic E-state index is 12.9. The number of ether oxygens (including phenoxy) is 2. The lowest BCUT2D eigenvalue weighted by Crippen LogP contribution is -2.33. The van der Waals surface area contributed by atoms with E-state index in [4.69, 9.17) is 24.3 Å². The molecule has 3 aromatic rings. The molecule has 2 aliphatic heterocycles. The normalized spacial score (nSPS) is 27.6. The average Bonchev–Trinajstić information content (AvgIpc) is 3.62. The van der Waals surface area contributed by atoms with Crippen LogP contribution in [0.5, 0.6) is 0 Å². The minimum atomic E-state index is -4.94. The maximum Gasteiger partial charge on any atom is 0.472 e. The van der Waals surface area contributed by atoms with Gasteiger partial charge in [-0.1, -0.05) is 4.98 Å². The van der Waals surface area contributed by atoms with Gasteiger partial charge in [-0.15, -0.1) is 0 Å². The van der Waals surface area contributed by atoms with Crippen molar-refractivity contribution in [3.63, 3.8) is 0 Å². The van der Waals surface area contributed by atoms with Crippen molar-refractivity contribution in [2.45, 2.75) is 56.6 Å². The van der Waals surface area contributed by atoms with Gasteiger partial charge in [-0.2, -0.15) is 0 Å². The third-order valence-corrected chi connectivity index (χ3v) is 8.47. The number of hydrogen-bond acceptors (Lipinski definition) is 13. The Bertz CT molecular complexity index is 1720. The zero-order valence-electron chi connectivity index (χ0n) is 22.7. The third kappa shape index (κ3) is 6.95. The molecule has 7 atom stereocenters. The molecule has 2 aliphatic rings. The van der Waals surface area contributed by atoms with Gasteiger partial charge in [0.1, 0.15) is 37.1 Å². The Hall–Kier alpha value is -2.87. The molecule has 5 rings (SSSR count). The van der Waals surface area contributed by atoms with Gasteiger partial charge in [0.05, 0.1) is 26.4 Å². The summed E-state index contributed by atoms with van der Waals surface area (Å²) in [6.45, 7) is 0.147. The topological polar surface area (TPSA) is 277 Å². The number of fused-ring (bicyclic) bond motifs is 1. The van der Waals surface area contributed by atoms with Crippen LogP contribution in [-0.4, -0.2) is 81.5 Å². The Labute approximate surface area is 241 Å². The molecular formula is C21H30N7O13P2+. The number of aliphatic hydroxyl groups excluding tert-OH is 1. The van der Waals surface area contributed by atoms with Crippen LogP contribution in [0.4, 0.5) is 5.82 Å². The van der Waals surface area contributed by atoms with Crippen molar-refractivity contribution in [1.29, 1.82) is 0 Å². The molecule has 0 aromatic carbocycles. The summed E-state index contributed by atoms with van der Waals surface area (Å²) in [5, 5.41) is 10.4. The van der Waals surface area contributed by atoms with Crippen molar-refractivity contribution >= 4 is 32.6 Å². The van der Waals surface area contributed by atoms with Gasteiger partial charge in [-0.05, 0) is 6.92 Å². The molecule has 7 N–H and O–H groups in total. The summed E-state index contributed by atoms with van der Waals surface area (Å²) in [5.41, 5.74) is 5.62. The Morgan fingerprint density at radius 3 is 2.49 bits per heavy atom. The van der Waals surface area contributed by atoms with Crippen LogP contribution in [0.1, 0.15) is 30.9 Å². The van der Waals surface area contributed by atoms with Gasteiger partial charge < -0.3 is 35.0 Å². The van der Waals surface area contributed by atoms with Crippen LogP contribution >= 0.6 is 15.6 Å². The number of nitrogens with one attached hydrogen (secondary N) is 1. The van der Waals surface area contributed by atoms with Crippen LogP contribution in [0.25, 0.3) is 11.2 Å².